The van der Waals surface area contributed by atoms with Gasteiger partial charge >= 0.3 is 0 Å². The molecule has 0 fully saturated rings. The first-order valence-electron chi connectivity index (χ1n) is 19.2. The van der Waals surface area contributed by atoms with Crippen LogP contribution in [0.4, 0.5) is 17.1 Å². The molecule has 0 saturated heterocycles. The molecule has 0 aliphatic rings. The summed E-state index contributed by atoms with van der Waals surface area (Å²) in [6, 6.07) is 77.8. The minimum Gasteiger partial charge on any atom is -0.309 e. The highest BCUT2D eigenvalue weighted by atomic mass is 32.1. The highest BCUT2D eigenvalue weighted by molar-refractivity contribution is 7.25. The monoisotopic (exact) mass is 729 g/mol. The Hall–Kier alpha value is -7.00. The van der Waals surface area contributed by atoms with E-state index in [2.05, 4.69) is 217 Å². The second-order valence-corrected chi connectivity index (χ2v) is 15.5. The average molecular weight is 730 g/mol. The maximum Gasteiger partial charge on any atom is 0.0540 e. The summed E-state index contributed by atoms with van der Waals surface area (Å²) in [6.07, 6.45) is 0. The third-order valence-corrected chi connectivity index (χ3v) is 12.4. The van der Waals surface area contributed by atoms with Crippen molar-refractivity contribution in [1.29, 1.82) is 0 Å². The number of hydrogen-bond acceptors (Lipinski definition) is 2. The maximum atomic E-state index is 2.47. The van der Waals surface area contributed by atoms with Crippen molar-refractivity contribution in [2.24, 2.45) is 0 Å². The van der Waals surface area contributed by atoms with Gasteiger partial charge in [0.25, 0.3) is 0 Å². The van der Waals surface area contributed by atoms with E-state index in [1.54, 1.807) is 0 Å². The SMILES string of the molecule is c1ccc(N(c2ccc(-c3ccc4c(c3)sc3ccccc34)cc2)c2ccccc2-c2cc3ccccc3c3ccccc23)c(-c2cccc3ccccc23)c1. The lowest BCUT2D eigenvalue weighted by Crippen LogP contribution is -2.12. The molecule has 0 saturated carbocycles. The lowest BCUT2D eigenvalue weighted by atomic mass is 9.91. The molecule has 0 radical (unpaired) electrons. The van der Waals surface area contributed by atoms with Gasteiger partial charge in [-0.15, -0.1) is 11.3 Å². The zero-order chi connectivity index (χ0) is 37.0. The molecule has 11 rings (SSSR count). The third-order valence-electron chi connectivity index (χ3n) is 11.3. The van der Waals surface area contributed by atoms with Crippen LogP contribution < -0.4 is 4.90 Å². The molecule has 0 amide bonds. The van der Waals surface area contributed by atoms with Crippen molar-refractivity contribution >= 4 is 80.9 Å². The molecule has 0 bridgehead atoms. The average Bonchev–Trinajstić information content (AvgIpc) is 3.65. The number of nitrogens with zero attached hydrogens (tertiary/aromatic N) is 1. The van der Waals surface area contributed by atoms with E-state index >= 15 is 0 Å². The van der Waals surface area contributed by atoms with Crippen molar-refractivity contribution < 1.29 is 0 Å². The summed E-state index contributed by atoms with van der Waals surface area (Å²) in [4.78, 5) is 2.47. The minimum atomic E-state index is 1.10. The maximum absolute atomic E-state index is 2.47. The Kier molecular flexibility index (Phi) is 7.75. The molecule has 0 spiro atoms. The fraction of sp³-hybridized carbons (Fsp3) is 0. The fourth-order valence-electron chi connectivity index (χ4n) is 8.65. The first-order valence-corrected chi connectivity index (χ1v) is 20.0. The van der Waals surface area contributed by atoms with Crippen LogP contribution in [0, 0.1) is 0 Å². The lowest BCUT2D eigenvalue weighted by Gasteiger charge is -2.30. The van der Waals surface area contributed by atoms with Crippen LogP contribution in [0.25, 0.3) is 85.9 Å². The summed E-state index contributed by atoms with van der Waals surface area (Å²) >= 11 is 1.87. The molecule has 56 heavy (non-hydrogen) atoms. The van der Waals surface area contributed by atoms with Crippen LogP contribution in [0.1, 0.15) is 0 Å². The van der Waals surface area contributed by atoms with E-state index in [9.17, 15) is 0 Å². The molecule has 0 N–H and O–H groups in total. The van der Waals surface area contributed by atoms with Gasteiger partial charge in [0.2, 0.25) is 0 Å². The number of thiophene rings is 1. The van der Waals surface area contributed by atoms with Crippen molar-refractivity contribution in [2.45, 2.75) is 0 Å². The van der Waals surface area contributed by atoms with Gasteiger partial charge in [-0.2, -0.15) is 0 Å². The van der Waals surface area contributed by atoms with E-state index in [1.807, 2.05) is 11.3 Å². The van der Waals surface area contributed by atoms with Crippen LogP contribution >= 0.6 is 11.3 Å². The van der Waals surface area contributed by atoms with Gasteiger partial charge in [0.15, 0.2) is 0 Å². The zero-order valence-electron chi connectivity index (χ0n) is 30.6. The van der Waals surface area contributed by atoms with Gasteiger partial charge < -0.3 is 4.90 Å². The zero-order valence-corrected chi connectivity index (χ0v) is 31.4. The molecule has 1 aromatic heterocycles. The molecule has 2 heteroatoms. The Labute approximate surface area is 330 Å². The molecular weight excluding hydrogens is 695 g/mol. The normalized spacial score (nSPS) is 11.6. The molecule has 0 unspecified atom stereocenters. The van der Waals surface area contributed by atoms with E-state index in [4.69, 9.17) is 0 Å². The number of hydrogen-bond donors (Lipinski definition) is 0. The molecule has 0 aliphatic carbocycles. The van der Waals surface area contributed by atoms with Crippen molar-refractivity contribution in [1.82, 2.24) is 0 Å². The summed E-state index contributed by atoms with van der Waals surface area (Å²) in [5.41, 5.74) is 10.6. The number of rotatable bonds is 6. The lowest BCUT2D eigenvalue weighted by molar-refractivity contribution is 1.29. The van der Waals surface area contributed by atoms with E-state index < -0.39 is 0 Å². The van der Waals surface area contributed by atoms with Crippen LogP contribution in [0.2, 0.25) is 0 Å². The second kappa shape index (κ2) is 13.4. The van der Waals surface area contributed by atoms with E-state index in [-0.39, 0.29) is 0 Å². The Morgan fingerprint density at radius 2 is 0.821 bits per heavy atom. The predicted molar refractivity (Wildman–Crippen MR) is 243 cm³/mol. The highest BCUT2D eigenvalue weighted by Crippen LogP contribution is 2.48. The molecule has 0 aliphatic heterocycles. The molecule has 10 aromatic carbocycles. The van der Waals surface area contributed by atoms with Gasteiger partial charge in [0, 0.05) is 37.0 Å². The van der Waals surface area contributed by atoms with Crippen LogP contribution in [0.3, 0.4) is 0 Å². The second-order valence-electron chi connectivity index (χ2n) is 14.4. The summed E-state index contributed by atoms with van der Waals surface area (Å²) in [5, 5.41) is 10.1. The molecule has 1 nitrogen and oxygen atoms in total. The largest absolute Gasteiger partial charge is 0.309 e. The van der Waals surface area contributed by atoms with Gasteiger partial charge in [0.05, 0.1) is 11.4 Å². The van der Waals surface area contributed by atoms with Crippen LogP contribution in [0.5, 0.6) is 0 Å². The van der Waals surface area contributed by atoms with Gasteiger partial charge in [-0.1, -0.05) is 170 Å². The smallest absolute Gasteiger partial charge is 0.0540 e. The Balaban J connectivity index is 1.13. The number of fused-ring (bicyclic) bond motifs is 7. The Bertz CT molecular complexity index is 3260. The molecule has 0 atom stereocenters. The van der Waals surface area contributed by atoms with Gasteiger partial charge in [-0.25, -0.2) is 0 Å². The third kappa shape index (κ3) is 5.38. The minimum absolute atomic E-state index is 1.10. The Morgan fingerprint density at radius 1 is 0.286 bits per heavy atom. The van der Waals surface area contributed by atoms with Crippen LogP contribution in [-0.2, 0) is 0 Å². The number of para-hydroxylation sites is 2. The molecular formula is C54H35NS. The van der Waals surface area contributed by atoms with E-state index in [1.165, 1.54) is 85.9 Å². The van der Waals surface area contributed by atoms with Crippen molar-refractivity contribution in [3.05, 3.63) is 212 Å². The van der Waals surface area contributed by atoms with Gasteiger partial charge in [0.1, 0.15) is 0 Å². The molecule has 1 heterocycles. The van der Waals surface area contributed by atoms with Crippen LogP contribution in [0.15, 0.2) is 212 Å². The molecule has 11 aromatic rings. The summed E-state index contributed by atoms with van der Waals surface area (Å²) in [7, 11) is 0. The standard InChI is InChI=1S/C54H35NS/c1-3-17-41-37(14-1)16-13-24-44(41)46-21-7-10-25-51(46)55(40-31-28-36(29-32-40)38-30-33-49-48-23-9-12-27-53(48)56-54(49)35-38)52-26-11-8-22-47(52)50-34-39-15-2-4-18-42(39)43-19-5-6-20-45(43)50/h1-35H. The summed E-state index contributed by atoms with van der Waals surface area (Å²) in [6.45, 7) is 0. The fourth-order valence-corrected chi connectivity index (χ4v) is 9.79. The van der Waals surface area contributed by atoms with E-state index in [0.717, 1.165) is 17.1 Å². The molecule has 262 valence electrons. The van der Waals surface area contributed by atoms with Crippen LogP contribution in [-0.4, -0.2) is 0 Å². The van der Waals surface area contributed by atoms with Crippen molar-refractivity contribution in [3.8, 4) is 33.4 Å². The first kappa shape index (κ1) is 32.4. The van der Waals surface area contributed by atoms with Crippen molar-refractivity contribution in [3.63, 3.8) is 0 Å². The predicted octanol–water partition coefficient (Wildman–Crippen LogP) is 16.0. The summed E-state index contributed by atoms with van der Waals surface area (Å²) in [5.74, 6) is 0. The van der Waals surface area contributed by atoms with Gasteiger partial charge in [-0.05, 0) is 97.0 Å². The van der Waals surface area contributed by atoms with Crippen molar-refractivity contribution in [2.75, 3.05) is 4.90 Å². The number of anilines is 3. The quantitative estimate of drug-likeness (QED) is 0.154. The Morgan fingerprint density at radius 3 is 1.61 bits per heavy atom. The van der Waals surface area contributed by atoms with E-state index in [0.29, 0.717) is 0 Å². The highest BCUT2D eigenvalue weighted by Gasteiger charge is 2.22. The van der Waals surface area contributed by atoms with Gasteiger partial charge in [-0.3, -0.25) is 0 Å². The first-order chi connectivity index (χ1) is 27.8. The topological polar surface area (TPSA) is 3.24 Å². The number of benzene rings is 10. The summed E-state index contributed by atoms with van der Waals surface area (Å²) < 4.78 is 2.64.